The first-order valence-corrected chi connectivity index (χ1v) is 15.6. The molecule has 1 N–H and O–H groups in total. The smallest absolute Gasteiger partial charge is 0.417 e. The van der Waals surface area contributed by atoms with Crippen LogP contribution in [0.2, 0.25) is 0 Å². The maximum absolute atomic E-state index is 12.1. The fraction of sp³-hybridized carbons (Fsp3) is 0.824. The summed E-state index contributed by atoms with van der Waals surface area (Å²) in [5, 5.41) is 9.22. The van der Waals surface area contributed by atoms with E-state index in [-0.39, 0.29) is 34.1 Å². The molecule has 1 saturated heterocycles. The van der Waals surface area contributed by atoms with Crippen molar-refractivity contribution in [3.05, 3.63) is 24.3 Å². The summed E-state index contributed by atoms with van der Waals surface area (Å²) in [4.78, 5) is 23.4. The van der Waals surface area contributed by atoms with Gasteiger partial charge in [0.25, 0.3) is 0 Å². The zero-order valence-corrected chi connectivity index (χ0v) is 26.6. The van der Waals surface area contributed by atoms with Crippen molar-refractivity contribution >= 4 is 11.9 Å². The minimum Gasteiger partial charge on any atom is -0.473 e. The van der Waals surface area contributed by atoms with Crippen molar-refractivity contribution in [2.45, 2.75) is 117 Å². The topological polar surface area (TPSA) is 91.3 Å². The molecule has 10 atom stereocenters. The van der Waals surface area contributed by atoms with Crippen LogP contribution in [-0.4, -0.2) is 54.9 Å². The highest BCUT2D eigenvalue weighted by Gasteiger charge is 2.78. The first-order valence-electron chi connectivity index (χ1n) is 15.6. The molecule has 5 aliphatic rings. The van der Waals surface area contributed by atoms with Gasteiger partial charge in [-0.15, -0.1) is 0 Å². The maximum Gasteiger partial charge on any atom is 0.417 e. The van der Waals surface area contributed by atoms with E-state index < -0.39 is 29.1 Å². The van der Waals surface area contributed by atoms with E-state index in [1.54, 1.807) is 14.2 Å². The number of rotatable bonds is 7. The SMILES string of the molecule is CO[C@H]1O[C@]23C=C[C@@H]4[C@@]1(CC[C@]1(C)[C@@H]([C@H](C)C/C=C/C(C)(C)OC)CC[C@@]41C)[C@@H]2CC[C@H](OC(=O)C(=O)O)C3(C)C. The Morgan fingerprint density at radius 2 is 1.78 bits per heavy atom. The van der Waals surface area contributed by atoms with Crippen LogP contribution in [0.25, 0.3) is 0 Å². The van der Waals surface area contributed by atoms with Crippen molar-refractivity contribution in [1.82, 2.24) is 0 Å². The molecular weight excluding hydrogens is 520 g/mol. The van der Waals surface area contributed by atoms with E-state index in [0.717, 1.165) is 25.7 Å². The van der Waals surface area contributed by atoms with E-state index in [1.807, 2.05) is 0 Å². The number of fused-ring (bicyclic) bond motifs is 2. The van der Waals surface area contributed by atoms with Crippen LogP contribution in [0.1, 0.15) is 93.4 Å². The Balaban J connectivity index is 1.48. The second-order valence-corrected chi connectivity index (χ2v) is 15.4. The van der Waals surface area contributed by atoms with E-state index in [1.165, 1.54) is 12.8 Å². The number of ether oxygens (including phenoxy) is 4. The molecule has 1 aliphatic heterocycles. The lowest BCUT2D eigenvalue weighted by Crippen LogP contribution is -2.65. The van der Waals surface area contributed by atoms with Crippen molar-refractivity contribution in [2.24, 2.45) is 45.3 Å². The molecule has 4 aliphatic carbocycles. The lowest BCUT2D eigenvalue weighted by atomic mass is 9.38. The third kappa shape index (κ3) is 4.07. The first kappa shape index (κ1) is 30.7. The number of esters is 1. The summed E-state index contributed by atoms with van der Waals surface area (Å²) in [6.45, 7) is 15.8. The second-order valence-electron chi connectivity index (χ2n) is 15.4. The Morgan fingerprint density at radius 3 is 2.41 bits per heavy atom. The molecule has 1 heterocycles. The van der Waals surface area contributed by atoms with Gasteiger partial charge in [0.2, 0.25) is 0 Å². The fourth-order valence-corrected chi connectivity index (χ4v) is 10.7. The number of carboxylic acid groups (broad SMARTS) is 1. The molecule has 0 aromatic heterocycles. The van der Waals surface area contributed by atoms with Crippen LogP contribution in [0, 0.1) is 45.3 Å². The zero-order valence-electron chi connectivity index (χ0n) is 26.6. The number of hydrogen-bond donors (Lipinski definition) is 1. The molecular formula is C34H52O7. The molecule has 4 fully saturated rings. The Kier molecular flexibility index (Phi) is 7.44. The minimum absolute atomic E-state index is 0.101. The van der Waals surface area contributed by atoms with Gasteiger partial charge in [-0.25, -0.2) is 9.59 Å². The standard InChI is InChI=1S/C34H52O7/c1-21(11-10-16-29(2,3)39-9)22-14-17-32(7)23-15-18-34-24(12-13-25(30(34,4)5)40-27(37)26(35)36)33(23,28(38-8)41-34)20-19-31(22,32)6/h10,15-16,18,21-25,28H,11-14,17,19-20H2,1-9H3,(H,35,36)/b16-10+/t21-,22-,23+,24+,25+,28+,31-,32+,33+,34-/m1/s1. The quantitative estimate of drug-likeness (QED) is 0.210. The molecule has 7 heteroatoms. The molecule has 7 nitrogen and oxygen atoms in total. The third-order valence-corrected chi connectivity index (χ3v) is 13.3. The minimum atomic E-state index is -1.55. The van der Waals surface area contributed by atoms with Gasteiger partial charge >= 0.3 is 11.9 Å². The van der Waals surface area contributed by atoms with Crippen LogP contribution in [-0.2, 0) is 28.5 Å². The van der Waals surface area contributed by atoms with E-state index >= 15 is 0 Å². The Labute approximate surface area is 246 Å². The molecule has 41 heavy (non-hydrogen) atoms. The number of aliphatic carboxylic acids is 1. The van der Waals surface area contributed by atoms with Crippen LogP contribution in [0.5, 0.6) is 0 Å². The molecule has 0 radical (unpaired) electrons. The monoisotopic (exact) mass is 572 g/mol. The molecule has 0 amide bonds. The lowest BCUT2D eigenvalue weighted by molar-refractivity contribution is -0.228. The van der Waals surface area contributed by atoms with Crippen molar-refractivity contribution < 1.29 is 33.6 Å². The van der Waals surface area contributed by atoms with Gasteiger partial charge < -0.3 is 24.1 Å². The first-order chi connectivity index (χ1) is 19.1. The largest absolute Gasteiger partial charge is 0.473 e. The predicted molar refractivity (Wildman–Crippen MR) is 156 cm³/mol. The van der Waals surface area contributed by atoms with Gasteiger partial charge in [0, 0.05) is 31.0 Å². The van der Waals surface area contributed by atoms with Crippen molar-refractivity contribution in [3.8, 4) is 0 Å². The van der Waals surface area contributed by atoms with Crippen molar-refractivity contribution in [2.75, 3.05) is 14.2 Å². The molecule has 0 unspecified atom stereocenters. The lowest BCUT2D eigenvalue weighted by Gasteiger charge is -2.65. The normalized spacial score (nSPS) is 45.1. The average Bonchev–Trinajstić information content (AvgIpc) is 3.28. The number of carboxylic acids is 1. The van der Waals surface area contributed by atoms with Gasteiger partial charge in [-0.3, -0.25) is 0 Å². The Bertz CT molecular complexity index is 1120. The van der Waals surface area contributed by atoms with Gasteiger partial charge in [-0.1, -0.05) is 58.9 Å². The summed E-state index contributed by atoms with van der Waals surface area (Å²) in [6.07, 6.45) is 15.4. The highest BCUT2D eigenvalue weighted by Crippen LogP contribution is 2.79. The van der Waals surface area contributed by atoms with Gasteiger partial charge in [-0.2, -0.15) is 0 Å². The summed E-state index contributed by atoms with van der Waals surface area (Å²) >= 11 is 0. The van der Waals surface area contributed by atoms with Crippen LogP contribution in [0.3, 0.4) is 0 Å². The van der Waals surface area contributed by atoms with Gasteiger partial charge in [-0.05, 0) is 87.4 Å². The third-order valence-electron chi connectivity index (χ3n) is 13.3. The molecule has 230 valence electrons. The zero-order chi connectivity index (χ0) is 30.2. The number of carbonyl (C=O) groups is 2. The molecule has 1 spiro atoms. The van der Waals surface area contributed by atoms with Crippen molar-refractivity contribution in [3.63, 3.8) is 0 Å². The van der Waals surface area contributed by atoms with Crippen LogP contribution < -0.4 is 0 Å². The highest BCUT2D eigenvalue weighted by atomic mass is 16.7. The highest BCUT2D eigenvalue weighted by molar-refractivity contribution is 6.28. The molecule has 3 saturated carbocycles. The van der Waals surface area contributed by atoms with Gasteiger partial charge in [0.15, 0.2) is 6.29 Å². The summed E-state index contributed by atoms with van der Waals surface area (Å²) in [5.74, 6) is -1.02. The molecule has 0 aromatic carbocycles. The summed E-state index contributed by atoms with van der Waals surface area (Å²) in [7, 11) is 3.52. The van der Waals surface area contributed by atoms with E-state index in [0.29, 0.717) is 24.2 Å². The Hall–Kier alpha value is -1.70. The number of carbonyl (C=O) groups excluding carboxylic acids is 1. The average molecular weight is 573 g/mol. The fourth-order valence-electron chi connectivity index (χ4n) is 10.7. The molecule has 5 rings (SSSR count). The van der Waals surface area contributed by atoms with Crippen LogP contribution in [0.4, 0.5) is 0 Å². The van der Waals surface area contributed by atoms with Gasteiger partial charge in [0.1, 0.15) is 11.7 Å². The summed E-state index contributed by atoms with van der Waals surface area (Å²) < 4.78 is 24.4. The number of allylic oxidation sites excluding steroid dienone is 2. The summed E-state index contributed by atoms with van der Waals surface area (Å²) in [5.41, 5.74) is -1.41. The van der Waals surface area contributed by atoms with Crippen molar-refractivity contribution in [1.29, 1.82) is 0 Å². The predicted octanol–water partition coefficient (Wildman–Crippen LogP) is 6.56. The second kappa shape index (κ2) is 9.92. The summed E-state index contributed by atoms with van der Waals surface area (Å²) in [6, 6.07) is 0. The number of methoxy groups -OCH3 is 2. The van der Waals surface area contributed by atoms with Crippen LogP contribution in [0.15, 0.2) is 24.3 Å². The van der Waals surface area contributed by atoms with E-state index in [4.69, 9.17) is 18.9 Å². The maximum atomic E-state index is 12.1. The van der Waals surface area contributed by atoms with E-state index in [9.17, 15) is 14.7 Å². The van der Waals surface area contributed by atoms with Gasteiger partial charge in [0.05, 0.1) is 5.60 Å². The molecule has 2 bridgehead atoms. The van der Waals surface area contributed by atoms with E-state index in [2.05, 4.69) is 72.8 Å². The molecule has 0 aromatic rings. The van der Waals surface area contributed by atoms with Crippen LogP contribution >= 0.6 is 0 Å². The number of hydrogen-bond acceptors (Lipinski definition) is 6. The Morgan fingerprint density at radius 1 is 1.07 bits per heavy atom.